The largest absolute Gasteiger partial charge is 0.462 e. The minimum absolute atomic E-state index is 0.338. The maximum Gasteiger partial charge on any atom is 0.338 e. The topological polar surface area (TPSA) is 84.1 Å². The molecule has 0 amide bonds. The molecule has 2 heterocycles. The van der Waals surface area contributed by atoms with Crippen LogP contribution < -0.4 is 0 Å². The van der Waals surface area contributed by atoms with Crippen molar-refractivity contribution in [2.45, 2.75) is 13.0 Å². The summed E-state index contributed by atoms with van der Waals surface area (Å²) in [6.45, 7) is 2.12. The van der Waals surface area contributed by atoms with Crippen LogP contribution in [0, 0.1) is 0 Å². The first-order valence-electron chi connectivity index (χ1n) is 9.23. The van der Waals surface area contributed by atoms with Crippen LogP contribution in [0.3, 0.4) is 0 Å². The zero-order valence-corrected chi connectivity index (χ0v) is 16.4. The Morgan fingerprint density at radius 2 is 2.03 bits per heavy atom. The summed E-state index contributed by atoms with van der Waals surface area (Å²) in [4.78, 5) is 20.7. The van der Waals surface area contributed by atoms with Gasteiger partial charge in [-0.2, -0.15) is 5.10 Å². The average molecular weight is 391 g/mol. The molecule has 8 nitrogen and oxygen atoms in total. The van der Waals surface area contributed by atoms with Crippen LogP contribution >= 0.6 is 0 Å². The van der Waals surface area contributed by atoms with E-state index >= 15 is 0 Å². The Morgan fingerprint density at radius 1 is 1.17 bits per heavy atom. The Labute approximate surface area is 167 Å². The van der Waals surface area contributed by atoms with Gasteiger partial charge in [-0.15, -0.1) is 0 Å². The second-order valence-electron chi connectivity index (χ2n) is 6.49. The minimum atomic E-state index is -0.349. The quantitative estimate of drug-likeness (QED) is 0.470. The minimum Gasteiger partial charge on any atom is -0.462 e. The molecule has 0 aliphatic rings. The Kier molecular flexibility index (Phi) is 5.09. The van der Waals surface area contributed by atoms with Crippen molar-refractivity contribution in [2.24, 2.45) is 7.05 Å². The molecule has 2 aromatic carbocycles. The van der Waals surface area contributed by atoms with E-state index in [9.17, 15) is 4.79 Å². The van der Waals surface area contributed by atoms with Gasteiger partial charge in [0.25, 0.3) is 0 Å². The molecular formula is C21H21N5O3. The predicted octanol–water partition coefficient (Wildman–Crippen LogP) is 3.07. The fraction of sp³-hybridized carbons (Fsp3) is 0.238. The van der Waals surface area contributed by atoms with Crippen molar-refractivity contribution in [3.63, 3.8) is 0 Å². The van der Waals surface area contributed by atoms with Gasteiger partial charge in [0, 0.05) is 19.8 Å². The van der Waals surface area contributed by atoms with Crippen LogP contribution in [0.1, 0.15) is 34.8 Å². The van der Waals surface area contributed by atoms with E-state index < -0.39 is 0 Å². The first-order valence-corrected chi connectivity index (χ1v) is 9.23. The van der Waals surface area contributed by atoms with Gasteiger partial charge in [-0.25, -0.2) is 14.8 Å². The van der Waals surface area contributed by atoms with Crippen LogP contribution in [0.15, 0.2) is 55.1 Å². The number of esters is 1. The summed E-state index contributed by atoms with van der Waals surface area (Å²) < 4.78 is 14.4. The van der Waals surface area contributed by atoms with Crippen LogP contribution in [0.4, 0.5) is 0 Å². The van der Waals surface area contributed by atoms with Gasteiger partial charge >= 0.3 is 5.97 Å². The molecular weight excluding hydrogens is 370 g/mol. The third-order valence-electron chi connectivity index (χ3n) is 4.73. The lowest BCUT2D eigenvalue weighted by Gasteiger charge is -2.16. The highest BCUT2D eigenvalue weighted by Gasteiger charge is 2.19. The lowest BCUT2D eigenvalue weighted by molar-refractivity contribution is 0.0526. The van der Waals surface area contributed by atoms with Gasteiger partial charge in [0.15, 0.2) is 5.82 Å². The molecule has 0 aliphatic carbocycles. The van der Waals surface area contributed by atoms with Gasteiger partial charge in [0.2, 0.25) is 0 Å². The summed E-state index contributed by atoms with van der Waals surface area (Å²) in [5, 5.41) is 4.13. The number of carbonyl (C=O) groups excluding carboxylic acids is 1. The normalized spacial score (nSPS) is 12.2. The number of rotatable bonds is 6. The van der Waals surface area contributed by atoms with Crippen molar-refractivity contribution in [3.05, 3.63) is 72.1 Å². The van der Waals surface area contributed by atoms with Crippen molar-refractivity contribution in [1.82, 2.24) is 24.3 Å². The number of hydrogen-bond donors (Lipinski definition) is 0. The fourth-order valence-electron chi connectivity index (χ4n) is 3.33. The molecule has 0 N–H and O–H groups in total. The van der Waals surface area contributed by atoms with Crippen molar-refractivity contribution in [2.75, 3.05) is 13.7 Å². The fourth-order valence-corrected chi connectivity index (χ4v) is 3.33. The SMILES string of the molecule is CCOC(=O)c1ccc2c(c1)ncn2-c1cccc(C(OC)c2ncnn2C)c1. The summed E-state index contributed by atoms with van der Waals surface area (Å²) in [5.41, 5.74) is 3.98. The molecule has 1 unspecified atom stereocenters. The molecule has 8 heteroatoms. The Hall–Kier alpha value is -3.52. The molecule has 2 aromatic heterocycles. The summed E-state index contributed by atoms with van der Waals surface area (Å²) in [5.74, 6) is 0.372. The first kappa shape index (κ1) is 18.8. The summed E-state index contributed by atoms with van der Waals surface area (Å²) in [6.07, 6.45) is 2.91. The number of aryl methyl sites for hydroxylation is 1. The highest BCUT2D eigenvalue weighted by molar-refractivity contribution is 5.94. The Bertz CT molecular complexity index is 1160. The van der Waals surface area contributed by atoms with Gasteiger partial charge in [-0.1, -0.05) is 12.1 Å². The van der Waals surface area contributed by atoms with Gasteiger partial charge in [0.05, 0.1) is 23.2 Å². The van der Waals surface area contributed by atoms with Gasteiger partial charge in [0.1, 0.15) is 18.8 Å². The molecule has 0 radical (unpaired) electrons. The number of ether oxygens (including phenoxy) is 2. The molecule has 4 rings (SSSR count). The monoisotopic (exact) mass is 391 g/mol. The molecule has 148 valence electrons. The number of hydrogen-bond acceptors (Lipinski definition) is 6. The van der Waals surface area contributed by atoms with E-state index in [4.69, 9.17) is 9.47 Å². The third kappa shape index (κ3) is 3.50. The Balaban J connectivity index is 1.72. The van der Waals surface area contributed by atoms with Crippen LogP contribution in [0.2, 0.25) is 0 Å². The van der Waals surface area contributed by atoms with E-state index in [0.29, 0.717) is 12.2 Å². The van der Waals surface area contributed by atoms with E-state index in [1.165, 1.54) is 6.33 Å². The molecule has 0 aliphatic heterocycles. The highest BCUT2D eigenvalue weighted by Crippen LogP contribution is 2.27. The molecule has 4 aromatic rings. The van der Waals surface area contributed by atoms with Crippen LogP contribution in [-0.2, 0) is 16.5 Å². The number of benzene rings is 2. The van der Waals surface area contributed by atoms with E-state index in [0.717, 1.165) is 28.1 Å². The summed E-state index contributed by atoms with van der Waals surface area (Å²) in [7, 11) is 3.48. The molecule has 0 fully saturated rings. The van der Waals surface area contributed by atoms with Crippen molar-refractivity contribution in [1.29, 1.82) is 0 Å². The molecule has 0 spiro atoms. The molecule has 0 bridgehead atoms. The van der Waals surface area contributed by atoms with Gasteiger partial charge < -0.3 is 9.47 Å². The average Bonchev–Trinajstić information content (AvgIpc) is 3.35. The van der Waals surface area contributed by atoms with Gasteiger partial charge in [-0.3, -0.25) is 9.25 Å². The lowest BCUT2D eigenvalue weighted by Crippen LogP contribution is -2.11. The van der Waals surface area contributed by atoms with Crippen LogP contribution in [-0.4, -0.2) is 44.0 Å². The second-order valence-corrected chi connectivity index (χ2v) is 6.49. The summed E-state index contributed by atoms with van der Waals surface area (Å²) >= 11 is 0. The maximum absolute atomic E-state index is 12.0. The number of fused-ring (bicyclic) bond motifs is 1. The van der Waals surface area contributed by atoms with Crippen LogP contribution in [0.5, 0.6) is 0 Å². The van der Waals surface area contributed by atoms with E-state index in [-0.39, 0.29) is 12.1 Å². The maximum atomic E-state index is 12.0. The zero-order valence-electron chi connectivity index (χ0n) is 16.4. The smallest absolute Gasteiger partial charge is 0.338 e. The van der Waals surface area contributed by atoms with E-state index in [1.54, 1.807) is 37.2 Å². The first-order chi connectivity index (χ1) is 14.1. The van der Waals surface area contributed by atoms with E-state index in [2.05, 4.69) is 15.1 Å². The van der Waals surface area contributed by atoms with E-state index in [1.807, 2.05) is 41.9 Å². The van der Waals surface area contributed by atoms with Crippen LogP contribution in [0.25, 0.3) is 16.7 Å². The number of nitrogens with zero attached hydrogens (tertiary/aromatic N) is 5. The number of aromatic nitrogens is 5. The van der Waals surface area contributed by atoms with Crippen molar-refractivity contribution >= 4 is 17.0 Å². The van der Waals surface area contributed by atoms with Crippen molar-refractivity contribution < 1.29 is 14.3 Å². The predicted molar refractivity (Wildman–Crippen MR) is 107 cm³/mol. The Morgan fingerprint density at radius 3 is 2.76 bits per heavy atom. The number of imidazole rings is 1. The second kappa shape index (κ2) is 7.84. The standard InChI is InChI=1S/C21H21N5O3/c1-4-29-21(27)15-8-9-18-17(11-15)23-13-26(18)16-7-5-6-14(10-16)19(28-3)20-22-12-24-25(20)2/h5-13,19H,4H2,1-3H3. The molecule has 0 saturated heterocycles. The number of carbonyl (C=O) groups is 1. The molecule has 29 heavy (non-hydrogen) atoms. The highest BCUT2D eigenvalue weighted by atomic mass is 16.5. The third-order valence-corrected chi connectivity index (χ3v) is 4.73. The lowest BCUT2D eigenvalue weighted by atomic mass is 10.1. The molecule has 1 atom stereocenters. The summed E-state index contributed by atoms with van der Waals surface area (Å²) in [6, 6.07) is 13.3. The van der Waals surface area contributed by atoms with Crippen molar-refractivity contribution in [3.8, 4) is 5.69 Å². The molecule has 0 saturated carbocycles. The van der Waals surface area contributed by atoms with Gasteiger partial charge in [-0.05, 0) is 42.8 Å². The zero-order chi connectivity index (χ0) is 20.4. The number of methoxy groups -OCH3 is 1.